The molecule has 0 fully saturated rings. The monoisotopic (exact) mass is 445 g/mol. The second-order valence-electron chi connectivity index (χ2n) is 7.82. The second kappa shape index (κ2) is 9.98. The van der Waals surface area contributed by atoms with Crippen molar-refractivity contribution < 1.29 is 19.4 Å². The Morgan fingerprint density at radius 3 is 2.77 bits per heavy atom. The van der Waals surface area contributed by atoms with E-state index < -0.39 is 12.1 Å². The third kappa shape index (κ3) is 6.08. The Morgan fingerprint density at radius 1 is 1.35 bits per heavy atom. The number of nitrogens with zero attached hydrogens (tertiary/aromatic N) is 3. The average Bonchev–Trinajstić information content (AvgIpc) is 3.27. The third-order valence-electron chi connectivity index (χ3n) is 4.63. The fourth-order valence-electron chi connectivity index (χ4n) is 3.28. The normalized spacial score (nSPS) is 15.7. The number of hydrogen-bond acceptors (Lipinski definition) is 5. The number of aromatic nitrogens is 2. The molecule has 2 aromatic rings. The van der Waals surface area contributed by atoms with Crippen LogP contribution < -0.4 is 10.1 Å². The van der Waals surface area contributed by atoms with Gasteiger partial charge in [0.2, 0.25) is 5.91 Å². The summed E-state index contributed by atoms with van der Waals surface area (Å²) in [5, 5.41) is 16.8. The van der Waals surface area contributed by atoms with Crippen LogP contribution in [0, 0.1) is 12.8 Å². The number of halogens is 1. The van der Waals surface area contributed by atoms with Crippen LogP contribution in [-0.2, 0) is 16.1 Å². The first kappa shape index (κ1) is 22.8. The molecule has 1 radical (unpaired) electrons. The maximum absolute atomic E-state index is 13.0. The zero-order valence-electron chi connectivity index (χ0n) is 17.5. The van der Waals surface area contributed by atoms with Crippen LogP contribution in [0.25, 0.3) is 0 Å². The number of para-hydroxylation sites is 1. The van der Waals surface area contributed by atoms with Crippen molar-refractivity contribution in [1.82, 2.24) is 14.7 Å². The minimum absolute atomic E-state index is 0.164. The highest BCUT2D eigenvalue weighted by Crippen LogP contribution is 2.28. The van der Waals surface area contributed by atoms with Gasteiger partial charge in [-0.05, 0) is 31.4 Å². The van der Waals surface area contributed by atoms with Gasteiger partial charge >= 0.3 is 0 Å². The number of nitrogens with one attached hydrogen (secondary N) is 1. The van der Waals surface area contributed by atoms with Crippen molar-refractivity contribution in [2.24, 2.45) is 5.92 Å². The quantitative estimate of drug-likeness (QED) is 0.618. The van der Waals surface area contributed by atoms with Crippen LogP contribution in [0.4, 0.5) is 5.82 Å². The number of aliphatic hydroxyl groups is 1. The lowest BCUT2D eigenvalue weighted by molar-refractivity contribution is -0.133. The molecular formula is C22H26ClN4O4. The summed E-state index contributed by atoms with van der Waals surface area (Å²) >= 11 is 6.14. The van der Waals surface area contributed by atoms with Gasteiger partial charge in [0, 0.05) is 18.3 Å². The molecule has 1 aliphatic rings. The number of ether oxygens (including phenoxy) is 1. The molecule has 0 saturated heterocycles. The smallest absolute Gasteiger partial charge is 0.251 e. The lowest BCUT2D eigenvalue weighted by Gasteiger charge is -2.28. The maximum Gasteiger partial charge on any atom is 0.251 e. The van der Waals surface area contributed by atoms with Crippen molar-refractivity contribution in [2.45, 2.75) is 39.0 Å². The molecule has 2 heterocycles. The third-order valence-corrected chi connectivity index (χ3v) is 4.95. The van der Waals surface area contributed by atoms with Gasteiger partial charge in [0.05, 0.1) is 24.2 Å². The molecule has 8 nitrogen and oxygen atoms in total. The van der Waals surface area contributed by atoms with Crippen molar-refractivity contribution >= 4 is 29.2 Å². The molecule has 0 bridgehead atoms. The van der Waals surface area contributed by atoms with Gasteiger partial charge in [-0.25, -0.2) is 0 Å². The average molecular weight is 446 g/mol. The molecule has 0 spiro atoms. The van der Waals surface area contributed by atoms with Crippen molar-refractivity contribution in [1.29, 1.82) is 0 Å². The molecular weight excluding hydrogens is 420 g/mol. The summed E-state index contributed by atoms with van der Waals surface area (Å²) in [4.78, 5) is 27.2. The highest BCUT2D eigenvalue weighted by Gasteiger charge is 2.35. The molecule has 3 rings (SSSR count). The maximum atomic E-state index is 13.0. The van der Waals surface area contributed by atoms with Gasteiger partial charge in [-0.1, -0.05) is 37.6 Å². The van der Waals surface area contributed by atoms with Crippen molar-refractivity contribution in [3.63, 3.8) is 0 Å². The number of benzene rings is 1. The van der Waals surface area contributed by atoms with E-state index >= 15 is 0 Å². The van der Waals surface area contributed by atoms with E-state index in [0.717, 1.165) is 0 Å². The number of hydrogen-bond donors (Lipinski definition) is 2. The minimum atomic E-state index is -0.804. The van der Waals surface area contributed by atoms with E-state index in [-0.39, 0.29) is 30.8 Å². The predicted octanol–water partition coefficient (Wildman–Crippen LogP) is 2.89. The molecule has 2 atom stereocenters. The molecule has 1 aromatic heterocycles. The Morgan fingerprint density at radius 2 is 2.10 bits per heavy atom. The van der Waals surface area contributed by atoms with Gasteiger partial charge < -0.3 is 20.1 Å². The Kier molecular flexibility index (Phi) is 7.35. The first-order chi connectivity index (χ1) is 14.7. The van der Waals surface area contributed by atoms with Crippen LogP contribution in [0.15, 0.2) is 48.4 Å². The number of anilines is 1. The van der Waals surface area contributed by atoms with Crippen molar-refractivity contribution in [3.8, 4) is 5.75 Å². The highest BCUT2D eigenvalue weighted by atomic mass is 35.5. The van der Waals surface area contributed by atoms with Gasteiger partial charge in [0.15, 0.2) is 5.82 Å². The van der Waals surface area contributed by atoms with Crippen molar-refractivity contribution in [2.75, 3.05) is 11.9 Å². The Hall–Kier alpha value is -2.84. The van der Waals surface area contributed by atoms with Gasteiger partial charge in [0.25, 0.3) is 5.91 Å². The van der Waals surface area contributed by atoms with E-state index in [0.29, 0.717) is 28.8 Å². The fourth-order valence-corrected chi connectivity index (χ4v) is 3.46. The van der Waals surface area contributed by atoms with E-state index in [2.05, 4.69) is 17.3 Å². The predicted molar refractivity (Wildman–Crippen MR) is 117 cm³/mol. The second-order valence-corrected chi connectivity index (χ2v) is 8.23. The summed E-state index contributed by atoms with van der Waals surface area (Å²) in [5.74, 6) is 0.757. The number of carbonyl (C=O) groups excluding carboxylic acids is 2. The van der Waals surface area contributed by atoms with Crippen LogP contribution in [0.2, 0.25) is 5.02 Å². The molecule has 1 aliphatic heterocycles. The molecule has 2 N–H and O–H groups in total. The van der Waals surface area contributed by atoms with E-state index in [4.69, 9.17) is 16.3 Å². The molecule has 0 saturated carbocycles. The molecule has 9 heteroatoms. The van der Waals surface area contributed by atoms with E-state index in [1.165, 1.54) is 15.7 Å². The van der Waals surface area contributed by atoms with Crippen LogP contribution in [-0.4, -0.2) is 50.3 Å². The first-order valence-electron chi connectivity index (χ1n) is 10.0. The summed E-state index contributed by atoms with van der Waals surface area (Å²) in [6, 6.07) is 7.93. The lowest BCUT2D eigenvalue weighted by atomic mass is 10.0. The number of aliphatic hydroxyl groups excluding tert-OH is 1. The van der Waals surface area contributed by atoms with E-state index in [1.54, 1.807) is 36.5 Å². The molecule has 0 unspecified atom stereocenters. The molecule has 0 aliphatic carbocycles. The van der Waals surface area contributed by atoms with Gasteiger partial charge in [-0.3, -0.25) is 14.3 Å². The standard InChI is InChI=1S/C22H26ClN4O4/c1-14(2)10-18(22(30)24-20-8-9-26(25-20)12-15(3)28)27-13-16(11-21(27)29)31-19-7-5-4-6-17(19)23/h4-9,11,14-15,18,28H,3,10,12-13H2,1-2H3,(H,24,25,30)/t15-,18+/m1/s1. The summed E-state index contributed by atoms with van der Waals surface area (Å²) in [7, 11) is 0. The van der Waals surface area contributed by atoms with E-state index in [9.17, 15) is 14.7 Å². The van der Waals surface area contributed by atoms with Gasteiger partial charge in [-0.2, -0.15) is 5.10 Å². The minimum Gasteiger partial charge on any atom is -0.458 e. The zero-order valence-corrected chi connectivity index (χ0v) is 18.2. The Labute approximate surface area is 186 Å². The molecule has 165 valence electrons. The van der Waals surface area contributed by atoms with Crippen molar-refractivity contribution in [3.05, 3.63) is 60.3 Å². The lowest BCUT2D eigenvalue weighted by Crippen LogP contribution is -2.46. The largest absolute Gasteiger partial charge is 0.458 e. The topological polar surface area (TPSA) is 96.7 Å². The van der Waals surface area contributed by atoms with E-state index in [1.807, 2.05) is 13.8 Å². The first-order valence-corrected chi connectivity index (χ1v) is 10.4. The SMILES string of the molecule is [CH2][C@@H](O)Cn1ccc(NC(=O)[C@H](CC(C)C)N2CC(Oc3ccccc3Cl)=CC2=O)n1. The van der Waals surface area contributed by atoms with Crippen LogP contribution >= 0.6 is 11.6 Å². The number of rotatable bonds is 9. The van der Waals surface area contributed by atoms with Gasteiger partial charge in [-0.15, -0.1) is 0 Å². The summed E-state index contributed by atoms with van der Waals surface area (Å²) in [5.41, 5.74) is 0. The summed E-state index contributed by atoms with van der Waals surface area (Å²) < 4.78 is 7.28. The van der Waals surface area contributed by atoms with Crippen LogP contribution in [0.3, 0.4) is 0 Å². The molecule has 1 aromatic carbocycles. The molecule has 31 heavy (non-hydrogen) atoms. The zero-order chi connectivity index (χ0) is 22.5. The fraction of sp³-hybridized carbons (Fsp3) is 0.364. The summed E-state index contributed by atoms with van der Waals surface area (Å²) in [6.45, 7) is 7.85. The molecule has 2 amide bonds. The highest BCUT2D eigenvalue weighted by molar-refractivity contribution is 6.32. The van der Waals surface area contributed by atoms with Gasteiger partial charge in [0.1, 0.15) is 17.6 Å². The Bertz CT molecular complexity index is 970. The van der Waals surface area contributed by atoms with Crippen LogP contribution in [0.5, 0.6) is 5.75 Å². The Balaban J connectivity index is 1.70. The number of amides is 2. The number of carbonyl (C=O) groups is 2. The van der Waals surface area contributed by atoms with Crippen LogP contribution in [0.1, 0.15) is 20.3 Å². The summed E-state index contributed by atoms with van der Waals surface area (Å²) in [6.07, 6.45) is 2.69.